The molecule has 0 radical (unpaired) electrons. The molecule has 1 saturated heterocycles. The van der Waals surface area contributed by atoms with Crippen LogP contribution in [0.4, 0.5) is 30.2 Å². The Hall–Kier alpha value is -3.14. The van der Waals surface area contributed by atoms with Crippen LogP contribution >= 0.6 is 0 Å². The van der Waals surface area contributed by atoms with Crippen molar-refractivity contribution in [2.45, 2.75) is 6.18 Å². The minimum Gasteiger partial charge on any atom is -0.378 e. The number of morpholine rings is 1. The summed E-state index contributed by atoms with van der Waals surface area (Å²) >= 11 is 0. The van der Waals surface area contributed by atoms with Gasteiger partial charge in [0.1, 0.15) is 5.69 Å². The number of anilines is 2. The smallest absolute Gasteiger partial charge is 0.378 e. The topological polar surface area (TPSA) is 84.7 Å². The first-order valence-electron chi connectivity index (χ1n) is 8.35. The molecule has 28 heavy (non-hydrogen) atoms. The number of nitrogens with one attached hydrogen (secondary N) is 1. The van der Waals surface area contributed by atoms with Crippen molar-refractivity contribution < 1.29 is 27.6 Å². The number of nitrogens with zero attached hydrogens (tertiary/aromatic N) is 2. The molecule has 0 unspecified atom stereocenters. The van der Waals surface area contributed by atoms with Crippen LogP contribution in [-0.4, -0.2) is 37.1 Å². The number of alkyl halides is 3. The Bertz CT molecular complexity index is 879. The average Bonchev–Trinajstić information content (AvgIpc) is 2.68. The quantitative estimate of drug-likeness (QED) is 0.630. The number of ether oxygens (including phenoxy) is 1. The van der Waals surface area contributed by atoms with Crippen LogP contribution in [-0.2, 0) is 10.9 Å². The van der Waals surface area contributed by atoms with Crippen LogP contribution in [0.1, 0.15) is 15.9 Å². The third-order valence-electron chi connectivity index (χ3n) is 4.26. The molecule has 0 aromatic heterocycles. The summed E-state index contributed by atoms with van der Waals surface area (Å²) in [5.41, 5.74) is -0.487. The number of nitro benzene ring substituents is 1. The summed E-state index contributed by atoms with van der Waals surface area (Å²) in [6.45, 7) is 1.90. The largest absolute Gasteiger partial charge is 0.416 e. The van der Waals surface area contributed by atoms with Crippen LogP contribution in [0, 0.1) is 10.1 Å². The highest BCUT2D eigenvalue weighted by Gasteiger charge is 2.30. The van der Waals surface area contributed by atoms with Gasteiger partial charge >= 0.3 is 6.18 Å². The van der Waals surface area contributed by atoms with Crippen LogP contribution in [0.25, 0.3) is 0 Å². The summed E-state index contributed by atoms with van der Waals surface area (Å²) in [4.78, 5) is 25.0. The van der Waals surface area contributed by atoms with Crippen LogP contribution in [0.3, 0.4) is 0 Å². The van der Waals surface area contributed by atoms with Crippen molar-refractivity contribution in [1.29, 1.82) is 0 Å². The first-order chi connectivity index (χ1) is 13.3. The van der Waals surface area contributed by atoms with Crippen molar-refractivity contribution in [3.63, 3.8) is 0 Å². The highest BCUT2D eigenvalue weighted by Crippen LogP contribution is 2.31. The van der Waals surface area contributed by atoms with Gasteiger partial charge in [0.15, 0.2) is 0 Å². The highest BCUT2D eigenvalue weighted by atomic mass is 19.4. The van der Waals surface area contributed by atoms with Crippen molar-refractivity contribution in [2.75, 3.05) is 36.5 Å². The number of nitro groups is 1. The SMILES string of the molecule is O=C(Nc1ccc(C(F)(F)F)cc1)c1ccc(N2CCOCC2)c([N+](=O)[O-])c1. The lowest BCUT2D eigenvalue weighted by atomic mass is 10.1. The Labute approximate surface area is 157 Å². The monoisotopic (exact) mass is 395 g/mol. The summed E-state index contributed by atoms with van der Waals surface area (Å²) in [6.07, 6.45) is -4.47. The van der Waals surface area contributed by atoms with E-state index in [4.69, 9.17) is 4.74 Å². The molecule has 10 heteroatoms. The lowest BCUT2D eigenvalue weighted by Gasteiger charge is -2.28. The van der Waals surface area contributed by atoms with Crippen molar-refractivity contribution in [1.82, 2.24) is 0 Å². The van der Waals surface area contributed by atoms with E-state index < -0.39 is 22.6 Å². The third-order valence-corrected chi connectivity index (χ3v) is 4.26. The van der Waals surface area contributed by atoms with Gasteiger partial charge in [-0.2, -0.15) is 13.2 Å². The molecule has 1 aliphatic heterocycles. The van der Waals surface area contributed by atoms with Gasteiger partial charge in [0.2, 0.25) is 0 Å². The zero-order chi connectivity index (χ0) is 20.3. The van der Waals surface area contributed by atoms with Crippen molar-refractivity contribution >= 4 is 23.0 Å². The van der Waals surface area contributed by atoms with Gasteiger partial charge in [0.05, 0.1) is 23.7 Å². The number of benzene rings is 2. The van der Waals surface area contributed by atoms with Crippen LogP contribution in [0.2, 0.25) is 0 Å². The van der Waals surface area contributed by atoms with Crippen molar-refractivity contribution in [2.24, 2.45) is 0 Å². The fourth-order valence-corrected chi connectivity index (χ4v) is 2.83. The number of hydrogen-bond acceptors (Lipinski definition) is 5. The molecule has 3 rings (SSSR count). The third kappa shape index (κ3) is 4.39. The summed E-state index contributed by atoms with van der Waals surface area (Å²) < 4.78 is 43.0. The molecular formula is C18H16F3N3O4. The Morgan fingerprint density at radius 1 is 1.11 bits per heavy atom. The molecule has 0 atom stereocenters. The van der Waals surface area contributed by atoms with Gasteiger partial charge < -0.3 is 15.0 Å². The van der Waals surface area contributed by atoms with Crippen molar-refractivity contribution in [3.8, 4) is 0 Å². The molecule has 148 valence electrons. The minimum absolute atomic E-state index is 0.0311. The van der Waals surface area contributed by atoms with Gasteiger partial charge in [-0.25, -0.2) is 0 Å². The summed E-state index contributed by atoms with van der Waals surface area (Å²) in [7, 11) is 0. The number of carbonyl (C=O) groups excluding carboxylic acids is 1. The molecule has 0 spiro atoms. The number of carbonyl (C=O) groups is 1. The Morgan fingerprint density at radius 2 is 1.75 bits per heavy atom. The zero-order valence-electron chi connectivity index (χ0n) is 14.5. The molecule has 1 fully saturated rings. The molecule has 2 aromatic carbocycles. The number of halogens is 3. The van der Waals surface area contributed by atoms with E-state index in [0.717, 1.165) is 30.3 Å². The lowest BCUT2D eigenvalue weighted by molar-refractivity contribution is -0.384. The van der Waals surface area contributed by atoms with E-state index in [-0.39, 0.29) is 16.9 Å². The maximum atomic E-state index is 12.6. The number of hydrogen-bond donors (Lipinski definition) is 1. The van der Waals surface area contributed by atoms with E-state index in [1.54, 1.807) is 4.90 Å². The van der Waals surface area contributed by atoms with Crippen LogP contribution in [0.5, 0.6) is 0 Å². The summed E-state index contributed by atoms with van der Waals surface area (Å²) in [6, 6.07) is 8.03. The van der Waals surface area contributed by atoms with Gasteiger partial charge in [-0.3, -0.25) is 14.9 Å². The van der Waals surface area contributed by atoms with E-state index in [2.05, 4.69) is 5.32 Å². The zero-order valence-corrected chi connectivity index (χ0v) is 14.5. The van der Waals surface area contributed by atoms with E-state index >= 15 is 0 Å². The van der Waals surface area contributed by atoms with E-state index in [0.29, 0.717) is 32.0 Å². The van der Waals surface area contributed by atoms with Crippen LogP contribution < -0.4 is 10.2 Å². The molecule has 2 aromatic rings. The first-order valence-corrected chi connectivity index (χ1v) is 8.35. The predicted octanol–water partition coefficient (Wildman–Crippen LogP) is 3.70. The maximum absolute atomic E-state index is 12.6. The van der Waals surface area contributed by atoms with Gasteiger partial charge in [0, 0.05) is 30.4 Å². The standard InChI is InChI=1S/C18H16F3N3O4/c19-18(20,21)13-2-4-14(5-3-13)22-17(25)12-1-6-15(16(11-12)24(26)27)23-7-9-28-10-8-23/h1-6,11H,7-10H2,(H,22,25). The van der Waals surface area contributed by atoms with Crippen LogP contribution in [0.15, 0.2) is 42.5 Å². The average molecular weight is 395 g/mol. The maximum Gasteiger partial charge on any atom is 0.416 e. The fraction of sp³-hybridized carbons (Fsp3) is 0.278. The van der Waals surface area contributed by atoms with E-state index in [9.17, 15) is 28.1 Å². The molecule has 1 amide bonds. The first kappa shape index (κ1) is 19.6. The Balaban J connectivity index is 1.80. The van der Waals surface area contributed by atoms with Gasteiger partial charge in [-0.05, 0) is 36.4 Å². The summed E-state index contributed by atoms with van der Waals surface area (Å²) in [5, 5.41) is 13.9. The fourth-order valence-electron chi connectivity index (χ4n) is 2.83. The second kappa shape index (κ2) is 7.85. The molecule has 1 N–H and O–H groups in total. The molecule has 0 saturated carbocycles. The molecule has 1 aliphatic rings. The molecule has 0 bridgehead atoms. The molecular weight excluding hydrogens is 379 g/mol. The second-order valence-corrected chi connectivity index (χ2v) is 6.09. The van der Waals surface area contributed by atoms with Gasteiger partial charge in [-0.1, -0.05) is 0 Å². The molecule has 0 aliphatic carbocycles. The summed E-state index contributed by atoms with van der Waals surface area (Å²) in [5.74, 6) is -0.656. The van der Waals surface area contributed by atoms with Gasteiger partial charge in [-0.15, -0.1) is 0 Å². The van der Waals surface area contributed by atoms with Crippen molar-refractivity contribution in [3.05, 3.63) is 63.7 Å². The Morgan fingerprint density at radius 3 is 2.32 bits per heavy atom. The van der Waals surface area contributed by atoms with E-state index in [1.165, 1.54) is 12.1 Å². The number of rotatable bonds is 4. The lowest BCUT2D eigenvalue weighted by Crippen LogP contribution is -2.36. The number of amides is 1. The molecule has 1 heterocycles. The Kier molecular flexibility index (Phi) is 5.50. The minimum atomic E-state index is -4.47. The molecule has 7 nitrogen and oxygen atoms in total. The van der Waals surface area contributed by atoms with Gasteiger partial charge in [0.25, 0.3) is 11.6 Å². The second-order valence-electron chi connectivity index (χ2n) is 6.09. The highest BCUT2D eigenvalue weighted by molar-refractivity contribution is 6.05. The normalized spacial score (nSPS) is 14.6. The van der Waals surface area contributed by atoms with E-state index in [1.807, 2.05) is 0 Å². The predicted molar refractivity (Wildman–Crippen MR) is 95.5 cm³/mol.